The van der Waals surface area contributed by atoms with E-state index in [1.165, 1.54) is 109 Å². The third-order valence-electron chi connectivity index (χ3n) is 18.5. The largest absolute Gasteiger partial charge is 1.00 e. The summed E-state index contributed by atoms with van der Waals surface area (Å²) in [5.41, 5.74) is 0. The molecule has 2 unspecified atom stereocenters. The number of aliphatic hydroxyl groups is 13. The molecule has 0 saturated carbocycles. The number of amides is 3. The van der Waals surface area contributed by atoms with E-state index in [1.54, 1.807) is 6.08 Å². The van der Waals surface area contributed by atoms with Gasteiger partial charge in [0.15, 0.2) is 18.9 Å². The third-order valence-corrected chi connectivity index (χ3v) is 18.5. The van der Waals surface area contributed by atoms with Crippen LogP contribution in [-0.4, -0.2) is 264 Å². The Kier molecular flexibility index (Phi) is 44.7. The number of hydrogen-bond acceptors (Lipinski definition) is 26. The molecule has 4 aliphatic heterocycles. The van der Waals surface area contributed by atoms with Gasteiger partial charge in [-0.05, 0) is 19.3 Å². The molecule has 3 amide bonds. The molecule has 30 heteroatoms. The fourth-order valence-electron chi connectivity index (χ4n) is 12.8. The van der Waals surface area contributed by atoms with Gasteiger partial charge < -0.3 is 130 Å². The van der Waals surface area contributed by atoms with Crippen molar-refractivity contribution >= 4 is 23.7 Å². The molecule has 0 aromatic heterocycles. The second-order valence-corrected chi connectivity index (χ2v) is 26.5. The van der Waals surface area contributed by atoms with Crippen molar-refractivity contribution in [3.05, 3.63) is 12.2 Å². The van der Waals surface area contributed by atoms with E-state index in [1.807, 2.05) is 6.08 Å². The number of carbonyl (C=O) groups excluding carboxylic acids is 4. The van der Waals surface area contributed by atoms with Gasteiger partial charge in [0, 0.05) is 26.7 Å². The number of carbonyl (C=O) groups is 4. The molecule has 4 rings (SSSR count). The number of unbranched alkanes of at least 4 members (excludes halogenated alkanes) is 25. The molecule has 4 fully saturated rings. The molecule has 0 aromatic carbocycles. The SMILES string of the molecule is CCCCCCCCCCCCC/C=C/[C@@H](O)[C@H](CO[C@@H]1O[C@H](CO)[C@@H](O[C@@H]2O[C@H](CO)[C@H](O[C@@H]3O[C@H](CO)[C@H](O)[C@H](O)[C@H]3NC(C)=O)[C@H](O[C@]3(C(=O)[O-])C[C@H](O)C(NC(C)=O)C([C@H](O)[C@H](O)CO)O3)[C@H]2O)[C@H](O)[C@H]1O)NC(=O)CCCCCCCCCCCCCCCCC.[Na+]. The monoisotopic (exact) mass is 1410 g/mol. The van der Waals surface area contributed by atoms with E-state index in [9.17, 15) is 90.7 Å². The minimum Gasteiger partial charge on any atom is -0.544 e. The summed E-state index contributed by atoms with van der Waals surface area (Å²) in [7, 11) is 0. The van der Waals surface area contributed by atoms with Crippen LogP contribution >= 0.6 is 0 Å². The van der Waals surface area contributed by atoms with E-state index in [-0.39, 0.29) is 41.9 Å². The topological polar surface area (TPSA) is 464 Å². The van der Waals surface area contributed by atoms with Crippen LogP contribution in [0.1, 0.15) is 214 Å². The van der Waals surface area contributed by atoms with Crippen LogP contribution in [0.4, 0.5) is 0 Å². The summed E-state index contributed by atoms with van der Waals surface area (Å²) in [5, 5.41) is 165. The first kappa shape index (κ1) is 89.0. The van der Waals surface area contributed by atoms with Crippen LogP contribution in [0.2, 0.25) is 0 Å². The van der Waals surface area contributed by atoms with E-state index in [2.05, 4.69) is 29.8 Å². The fourth-order valence-corrected chi connectivity index (χ4v) is 12.8. The summed E-state index contributed by atoms with van der Waals surface area (Å²) in [6, 6.07) is -4.56. The van der Waals surface area contributed by atoms with Gasteiger partial charge in [0.2, 0.25) is 23.5 Å². The first-order valence-corrected chi connectivity index (χ1v) is 35.5. The summed E-state index contributed by atoms with van der Waals surface area (Å²) in [5.74, 6) is -7.75. The minimum absolute atomic E-state index is 0. The van der Waals surface area contributed by atoms with Crippen molar-refractivity contribution in [2.24, 2.45) is 0 Å². The van der Waals surface area contributed by atoms with Crippen LogP contribution in [-0.2, 0) is 57.1 Å². The number of aliphatic carboxylic acids is 1. The van der Waals surface area contributed by atoms with Crippen molar-refractivity contribution in [3.8, 4) is 0 Å². The molecule has 4 aliphatic rings. The van der Waals surface area contributed by atoms with Gasteiger partial charge in [-0.15, -0.1) is 0 Å². The van der Waals surface area contributed by atoms with Crippen LogP contribution in [0.15, 0.2) is 12.2 Å². The Hall–Kier alpha value is -2.22. The Morgan fingerprint density at radius 3 is 1.52 bits per heavy atom. The molecule has 4 heterocycles. The van der Waals surface area contributed by atoms with Crippen molar-refractivity contribution < 1.29 is 158 Å². The molecule has 560 valence electrons. The third kappa shape index (κ3) is 29.4. The summed E-state index contributed by atoms with van der Waals surface area (Å²) in [6.07, 6.45) is -5.12. The zero-order chi connectivity index (χ0) is 70.7. The Bertz CT molecular complexity index is 2180. The first-order valence-electron chi connectivity index (χ1n) is 35.5. The predicted molar refractivity (Wildman–Crippen MR) is 343 cm³/mol. The molecular formula is C67H120N3NaO26. The zero-order valence-electron chi connectivity index (χ0n) is 58.0. The Balaban J connectivity index is 0.0000245. The smallest absolute Gasteiger partial charge is 0.544 e. The van der Waals surface area contributed by atoms with Gasteiger partial charge in [-0.3, -0.25) is 14.4 Å². The van der Waals surface area contributed by atoms with Crippen molar-refractivity contribution in [2.45, 2.75) is 354 Å². The van der Waals surface area contributed by atoms with Gasteiger partial charge in [0.05, 0.1) is 57.3 Å². The van der Waals surface area contributed by atoms with E-state index >= 15 is 0 Å². The molecule has 97 heavy (non-hydrogen) atoms. The first-order chi connectivity index (χ1) is 46.0. The van der Waals surface area contributed by atoms with Crippen molar-refractivity contribution in [2.75, 3.05) is 33.0 Å². The quantitative estimate of drug-likeness (QED) is 0.0162. The van der Waals surface area contributed by atoms with E-state index in [4.69, 9.17) is 37.9 Å². The number of hydrogen-bond donors (Lipinski definition) is 16. The van der Waals surface area contributed by atoms with Gasteiger partial charge in [-0.25, -0.2) is 0 Å². The van der Waals surface area contributed by atoms with E-state index < -0.39 is 198 Å². The van der Waals surface area contributed by atoms with Crippen LogP contribution < -0.4 is 50.6 Å². The number of carboxylic acids is 1. The molecular weight excluding hydrogens is 1290 g/mol. The normalized spacial score (nSPS) is 32.0. The van der Waals surface area contributed by atoms with Gasteiger partial charge in [0.1, 0.15) is 97.5 Å². The van der Waals surface area contributed by atoms with Crippen molar-refractivity contribution in [1.82, 2.24) is 16.0 Å². The molecule has 29 nitrogen and oxygen atoms in total. The van der Waals surface area contributed by atoms with Crippen molar-refractivity contribution in [3.63, 3.8) is 0 Å². The maximum absolute atomic E-state index is 13.5. The zero-order valence-corrected chi connectivity index (χ0v) is 60.0. The number of nitrogens with one attached hydrogen (secondary N) is 3. The number of rotatable bonds is 49. The summed E-state index contributed by atoms with van der Waals surface area (Å²) in [4.78, 5) is 51.8. The van der Waals surface area contributed by atoms with Crippen LogP contribution in [0.3, 0.4) is 0 Å². The van der Waals surface area contributed by atoms with Gasteiger partial charge >= 0.3 is 29.6 Å². The Labute approximate surface area is 594 Å². The summed E-state index contributed by atoms with van der Waals surface area (Å²) in [6.45, 7) is 1.65. The maximum Gasteiger partial charge on any atom is 1.00 e. The van der Waals surface area contributed by atoms with Gasteiger partial charge in [0.25, 0.3) is 0 Å². The molecule has 4 saturated heterocycles. The molecule has 0 bridgehead atoms. The predicted octanol–water partition coefficient (Wildman–Crippen LogP) is -3.20. The van der Waals surface area contributed by atoms with Gasteiger partial charge in [-0.1, -0.05) is 180 Å². The van der Waals surface area contributed by atoms with E-state index in [0.29, 0.717) is 12.8 Å². The molecule has 0 aromatic rings. The standard InChI is InChI=1S/C67H121N3O26.Na/c1-5-7-9-11-13-15-17-19-20-22-24-26-28-30-32-34-50(80)70-43(44(77)33-31-29-27-25-23-21-18-16-14-12-10-8-6-2)40-89-64-57(85)56(84)59(48(38-73)91-64)93-65-58(86)62(60(49(39-74)92-65)94-63-52(69-42(4)76)55(83)54(82)47(37-72)90-63)96-67(66(87)88)35-45(78)51(68-41(3)75)61(95-67)53(81)46(79)36-71;/h31,33,43-49,51-65,71-74,77-79,81-86H,5-30,32,34-40H2,1-4H3,(H,68,75)(H,69,76)(H,70,80)(H,87,88);/q;+1/p-1/b33-31+;/t43-,44+,45-,46+,47+,48+,49+,51?,52+,53+,54-,55+,56+,57+,58+,59+,60-,61?,62+,63-,64+,65-,67-;/m0./s1. The van der Waals surface area contributed by atoms with E-state index in [0.717, 1.165) is 65.2 Å². The Morgan fingerprint density at radius 2 is 1.02 bits per heavy atom. The number of ether oxygens (including phenoxy) is 8. The van der Waals surface area contributed by atoms with Crippen LogP contribution in [0.5, 0.6) is 0 Å². The van der Waals surface area contributed by atoms with Crippen LogP contribution in [0, 0.1) is 0 Å². The minimum atomic E-state index is -3.39. The number of allylic oxidation sites excluding steroid dienone is 1. The molecule has 0 spiro atoms. The average molecular weight is 1410 g/mol. The molecule has 0 radical (unpaired) electrons. The summed E-state index contributed by atoms with van der Waals surface area (Å²) >= 11 is 0. The number of aliphatic hydroxyl groups excluding tert-OH is 13. The molecule has 16 N–H and O–H groups in total. The second kappa shape index (κ2) is 48.7. The molecule has 0 aliphatic carbocycles. The van der Waals surface area contributed by atoms with Gasteiger partial charge in [-0.2, -0.15) is 0 Å². The van der Waals surface area contributed by atoms with Crippen molar-refractivity contribution in [1.29, 1.82) is 0 Å². The second-order valence-electron chi connectivity index (χ2n) is 26.5. The molecule has 23 atom stereocenters. The summed E-state index contributed by atoms with van der Waals surface area (Å²) < 4.78 is 47.7. The van der Waals surface area contributed by atoms with Crippen LogP contribution in [0.25, 0.3) is 0 Å². The Morgan fingerprint density at radius 1 is 0.557 bits per heavy atom. The fraction of sp³-hybridized carbons (Fsp3) is 0.910. The maximum atomic E-state index is 13.5. The average Bonchev–Trinajstić information content (AvgIpc) is 0.761. The number of carboxylic acid groups (broad SMARTS) is 1.